The van der Waals surface area contributed by atoms with Crippen LogP contribution in [0, 0.1) is 10.1 Å². The maximum atomic E-state index is 13.0. The van der Waals surface area contributed by atoms with E-state index >= 15 is 0 Å². The number of rotatable bonds is 6. The first-order chi connectivity index (χ1) is 16.1. The lowest BCUT2D eigenvalue weighted by molar-refractivity contribution is -0.384. The molecule has 2 N–H and O–H groups in total. The normalized spacial score (nSPS) is 11.3. The van der Waals surface area contributed by atoms with Crippen molar-refractivity contribution in [3.8, 4) is 11.1 Å². The lowest BCUT2D eigenvalue weighted by Crippen LogP contribution is -2.05. The van der Waals surface area contributed by atoms with E-state index in [2.05, 4.69) is 41.6 Å². The molecule has 2 heterocycles. The molecule has 2 aromatic carbocycles. The Bertz CT molecular complexity index is 1360. The smallest absolute Gasteiger partial charge is 0.339 e. The van der Waals surface area contributed by atoms with Gasteiger partial charge in [0.05, 0.1) is 22.4 Å². The van der Waals surface area contributed by atoms with Gasteiger partial charge in [-0.15, -0.1) is 0 Å². The summed E-state index contributed by atoms with van der Waals surface area (Å²) in [6, 6.07) is 8.82. The van der Waals surface area contributed by atoms with Gasteiger partial charge in [0.25, 0.3) is 5.69 Å². The van der Waals surface area contributed by atoms with Gasteiger partial charge in [-0.2, -0.15) is 23.3 Å². The number of nitrogens with one attached hydrogen (secondary N) is 2. The Kier molecular flexibility index (Phi) is 6.20. The molecule has 0 aliphatic rings. The number of aromatic nitrogens is 4. The van der Waals surface area contributed by atoms with Crippen LogP contribution < -0.4 is 10.6 Å². The van der Waals surface area contributed by atoms with E-state index in [-0.39, 0.29) is 17.5 Å². The van der Waals surface area contributed by atoms with Crippen LogP contribution in [0.1, 0.15) is 5.56 Å². The number of nitro benzene ring substituents is 1. The summed E-state index contributed by atoms with van der Waals surface area (Å²) in [4.78, 5) is 19.4. The highest BCUT2D eigenvalue weighted by Crippen LogP contribution is 2.35. The quantitative estimate of drug-likeness (QED) is 0.229. The van der Waals surface area contributed by atoms with E-state index in [9.17, 15) is 23.3 Å². The summed E-state index contributed by atoms with van der Waals surface area (Å²) in [5.41, 5.74) is 0.843. The second-order valence-corrected chi connectivity index (χ2v) is 8.05. The molecule has 0 aliphatic carbocycles. The van der Waals surface area contributed by atoms with Crippen molar-refractivity contribution >= 4 is 44.8 Å². The van der Waals surface area contributed by atoms with Crippen LogP contribution in [0.25, 0.3) is 11.1 Å². The molecule has 9 nitrogen and oxygen atoms in total. The third-order valence-corrected chi connectivity index (χ3v) is 5.09. The lowest BCUT2D eigenvalue weighted by Gasteiger charge is -2.14. The minimum atomic E-state index is -4.47. The summed E-state index contributed by atoms with van der Waals surface area (Å²) < 4.78 is 41.0. The van der Waals surface area contributed by atoms with Crippen LogP contribution in [-0.2, 0) is 13.2 Å². The molecule has 4 rings (SSSR count). The maximum absolute atomic E-state index is 13.0. The van der Waals surface area contributed by atoms with Crippen molar-refractivity contribution in [3.05, 3.63) is 81.2 Å². The fraction of sp³-hybridized carbons (Fsp3) is 0.0952. The van der Waals surface area contributed by atoms with E-state index in [1.54, 1.807) is 30.2 Å². The average Bonchev–Trinajstić information content (AvgIpc) is 3.17. The minimum Gasteiger partial charge on any atom is -0.339 e. The van der Waals surface area contributed by atoms with Crippen LogP contribution in [0.15, 0.2) is 65.5 Å². The number of nitrogens with zero attached hydrogens (tertiary/aromatic N) is 5. The predicted octanol–water partition coefficient (Wildman–Crippen LogP) is 6.05. The number of anilines is 4. The zero-order valence-electron chi connectivity index (χ0n) is 17.3. The number of nitro groups is 1. The van der Waals surface area contributed by atoms with Gasteiger partial charge >= 0.3 is 6.18 Å². The molecule has 0 saturated carbocycles. The fourth-order valence-electron chi connectivity index (χ4n) is 3.09. The van der Waals surface area contributed by atoms with Crippen LogP contribution in [-0.4, -0.2) is 24.7 Å². The van der Waals surface area contributed by atoms with E-state index in [0.29, 0.717) is 27.0 Å². The average molecular weight is 534 g/mol. The van der Waals surface area contributed by atoms with Crippen molar-refractivity contribution in [1.82, 2.24) is 19.7 Å². The minimum absolute atomic E-state index is 0.157. The molecule has 4 aromatic rings. The summed E-state index contributed by atoms with van der Waals surface area (Å²) in [6.45, 7) is 0. The Morgan fingerprint density at radius 3 is 2.41 bits per heavy atom. The van der Waals surface area contributed by atoms with Crippen LogP contribution in [0.2, 0.25) is 0 Å². The zero-order valence-corrected chi connectivity index (χ0v) is 18.9. The zero-order chi connectivity index (χ0) is 24.5. The van der Waals surface area contributed by atoms with Gasteiger partial charge in [0.2, 0.25) is 5.95 Å². The topological polar surface area (TPSA) is 111 Å². The highest BCUT2D eigenvalue weighted by molar-refractivity contribution is 9.10. The second kappa shape index (κ2) is 9.09. The third-order valence-electron chi connectivity index (χ3n) is 4.63. The van der Waals surface area contributed by atoms with Crippen molar-refractivity contribution < 1.29 is 18.1 Å². The summed E-state index contributed by atoms with van der Waals surface area (Å²) in [6.07, 6.45) is 0.252. The Hall–Kier alpha value is -4.00. The number of hydrogen-bond donors (Lipinski definition) is 2. The Morgan fingerprint density at radius 1 is 1.06 bits per heavy atom. The molecule has 0 amide bonds. The highest BCUT2D eigenvalue weighted by atomic mass is 79.9. The molecule has 0 bridgehead atoms. The summed E-state index contributed by atoms with van der Waals surface area (Å²) in [5.74, 6) is 0.421. The summed E-state index contributed by atoms with van der Waals surface area (Å²) in [5, 5.41) is 21.3. The SMILES string of the molecule is Cn1cc(Nc2ncc(-c3ccc(C(F)(F)F)cc3)c(Nc3cc(Br)cc([N+](=O)[O-])c3)n2)cn1. The predicted molar refractivity (Wildman–Crippen MR) is 123 cm³/mol. The van der Waals surface area contributed by atoms with Crippen LogP contribution >= 0.6 is 15.9 Å². The first-order valence-electron chi connectivity index (χ1n) is 9.61. The first kappa shape index (κ1) is 23.2. The fourth-order valence-corrected chi connectivity index (χ4v) is 3.57. The molecule has 0 saturated heterocycles. The molecule has 13 heteroatoms. The Labute approximate surface area is 198 Å². The van der Waals surface area contributed by atoms with Gasteiger partial charge in [0.1, 0.15) is 5.82 Å². The molecule has 174 valence electrons. The van der Waals surface area contributed by atoms with Gasteiger partial charge in [0.15, 0.2) is 0 Å². The molecule has 2 aromatic heterocycles. The van der Waals surface area contributed by atoms with Crippen molar-refractivity contribution in [2.45, 2.75) is 6.18 Å². The van der Waals surface area contributed by atoms with E-state index in [1.165, 1.54) is 30.5 Å². The largest absolute Gasteiger partial charge is 0.416 e. The van der Waals surface area contributed by atoms with Gasteiger partial charge in [-0.1, -0.05) is 28.1 Å². The monoisotopic (exact) mass is 533 g/mol. The van der Waals surface area contributed by atoms with Gasteiger partial charge in [0, 0.05) is 47.3 Å². The van der Waals surface area contributed by atoms with E-state index in [1.807, 2.05) is 0 Å². The van der Waals surface area contributed by atoms with Crippen LogP contribution in [0.4, 0.5) is 42.0 Å². The van der Waals surface area contributed by atoms with Crippen molar-refractivity contribution in [2.75, 3.05) is 10.6 Å². The third kappa shape index (κ3) is 5.31. The number of benzene rings is 2. The second-order valence-electron chi connectivity index (χ2n) is 7.14. The van der Waals surface area contributed by atoms with Gasteiger partial charge in [-0.25, -0.2) is 4.98 Å². The molecular formula is C21H15BrF3N7O2. The van der Waals surface area contributed by atoms with Crippen molar-refractivity contribution in [1.29, 1.82) is 0 Å². The number of halogens is 4. The van der Waals surface area contributed by atoms with E-state index in [0.717, 1.165) is 12.1 Å². The van der Waals surface area contributed by atoms with Crippen molar-refractivity contribution in [3.63, 3.8) is 0 Å². The first-order valence-corrected chi connectivity index (χ1v) is 10.4. The standard InChI is InChI=1S/C21H15BrF3N7O2/c1-31-11-16(9-27-31)29-20-26-10-18(12-2-4-13(5-3-12)21(23,24)25)19(30-20)28-15-6-14(22)7-17(8-15)32(33)34/h2-11H,1H3,(H2,26,28,29,30). The van der Waals surface area contributed by atoms with Crippen molar-refractivity contribution in [2.24, 2.45) is 7.05 Å². The maximum Gasteiger partial charge on any atom is 0.416 e. The molecule has 0 atom stereocenters. The van der Waals surface area contributed by atoms with E-state index in [4.69, 9.17) is 0 Å². The van der Waals surface area contributed by atoms with Gasteiger partial charge in [-0.05, 0) is 23.8 Å². The van der Waals surface area contributed by atoms with Crippen LogP contribution in [0.5, 0.6) is 0 Å². The summed E-state index contributed by atoms with van der Waals surface area (Å²) in [7, 11) is 1.74. The number of non-ortho nitro benzene ring substituents is 1. The molecule has 0 fully saturated rings. The lowest BCUT2D eigenvalue weighted by atomic mass is 10.1. The Balaban J connectivity index is 1.75. The van der Waals surface area contributed by atoms with Crippen LogP contribution in [0.3, 0.4) is 0 Å². The van der Waals surface area contributed by atoms with E-state index < -0.39 is 16.7 Å². The summed E-state index contributed by atoms with van der Waals surface area (Å²) >= 11 is 3.24. The molecular weight excluding hydrogens is 519 g/mol. The molecule has 0 aliphatic heterocycles. The number of aryl methyl sites for hydroxylation is 1. The Morgan fingerprint density at radius 2 is 1.79 bits per heavy atom. The molecule has 34 heavy (non-hydrogen) atoms. The highest BCUT2D eigenvalue weighted by Gasteiger charge is 2.30. The number of alkyl halides is 3. The van der Waals surface area contributed by atoms with Gasteiger partial charge < -0.3 is 10.6 Å². The van der Waals surface area contributed by atoms with Gasteiger partial charge in [-0.3, -0.25) is 14.8 Å². The molecule has 0 unspecified atom stereocenters. The number of hydrogen-bond acceptors (Lipinski definition) is 7. The molecule has 0 radical (unpaired) electrons. The molecule has 0 spiro atoms.